The van der Waals surface area contributed by atoms with Crippen LogP contribution in [0.25, 0.3) is 11.0 Å². The Labute approximate surface area is 226 Å². The van der Waals surface area contributed by atoms with E-state index in [1.165, 1.54) is 33.8 Å². The summed E-state index contributed by atoms with van der Waals surface area (Å²) in [6.45, 7) is 0.843. The van der Waals surface area contributed by atoms with E-state index < -0.39 is 17.8 Å². The predicted octanol–water partition coefficient (Wildman–Crippen LogP) is 3.71. The number of halogens is 1. The van der Waals surface area contributed by atoms with Crippen LogP contribution < -0.4 is 15.1 Å². The second kappa shape index (κ2) is 11.6. The van der Waals surface area contributed by atoms with Crippen LogP contribution in [-0.2, 0) is 20.9 Å². The van der Waals surface area contributed by atoms with Gasteiger partial charge >= 0.3 is 0 Å². The predicted molar refractivity (Wildman–Crippen MR) is 147 cm³/mol. The van der Waals surface area contributed by atoms with Gasteiger partial charge in [0.05, 0.1) is 11.6 Å². The lowest BCUT2D eigenvalue weighted by atomic mass is 10.0. The molecule has 1 aromatic heterocycles. The maximum atomic E-state index is 14.0. The molecule has 202 valence electrons. The van der Waals surface area contributed by atoms with Crippen molar-refractivity contribution >= 4 is 34.2 Å². The molecule has 5 rings (SSSR count). The number of carbonyl (C=O) groups is 2. The van der Waals surface area contributed by atoms with E-state index in [2.05, 4.69) is 15.6 Å². The molecule has 2 atom stereocenters. The lowest BCUT2D eigenvalue weighted by Crippen LogP contribution is -2.46. The first kappa shape index (κ1) is 26.3. The Hall–Kier alpha value is -4.31. The zero-order valence-electron chi connectivity index (χ0n) is 22.0. The molecule has 0 unspecified atom stereocenters. The number of para-hydroxylation sites is 1. The number of carbonyl (C=O) groups excluding carboxylic acids is 2. The van der Waals surface area contributed by atoms with Crippen LogP contribution in [0.2, 0.25) is 0 Å². The summed E-state index contributed by atoms with van der Waals surface area (Å²) in [4.78, 5) is 31.2. The van der Waals surface area contributed by atoms with E-state index in [0.717, 1.165) is 18.5 Å². The third-order valence-electron chi connectivity index (χ3n) is 6.84. The van der Waals surface area contributed by atoms with Gasteiger partial charge in [-0.05, 0) is 66.9 Å². The van der Waals surface area contributed by atoms with E-state index in [9.17, 15) is 14.0 Å². The molecule has 10 heteroatoms. The number of nitrogens with one attached hydrogen (secondary N) is 1. The maximum absolute atomic E-state index is 14.0. The Bertz CT molecular complexity index is 1430. The topological polar surface area (TPSA) is 92.6 Å². The molecular weight excluding hydrogens is 499 g/mol. The number of nitrogens with zero attached hydrogens (tertiary/aromatic N) is 5. The molecule has 0 radical (unpaired) electrons. The Morgan fingerprint density at radius 3 is 2.46 bits per heavy atom. The summed E-state index contributed by atoms with van der Waals surface area (Å²) in [6, 6.07) is 19.3. The highest BCUT2D eigenvalue weighted by Gasteiger charge is 2.34. The van der Waals surface area contributed by atoms with Crippen LogP contribution in [0.1, 0.15) is 24.4 Å². The first-order valence-electron chi connectivity index (χ1n) is 12.9. The molecule has 0 bridgehead atoms. The average molecular weight is 531 g/mol. The van der Waals surface area contributed by atoms with Gasteiger partial charge in [-0.3, -0.25) is 14.5 Å². The summed E-state index contributed by atoms with van der Waals surface area (Å²) in [7, 11) is 3.86. The quantitative estimate of drug-likeness (QED) is 0.355. The van der Waals surface area contributed by atoms with Gasteiger partial charge in [0.25, 0.3) is 0 Å². The molecular formula is C29H31FN6O3. The van der Waals surface area contributed by atoms with Crippen LogP contribution in [0.3, 0.4) is 0 Å². The largest absolute Gasteiger partial charge is 0.378 e. The summed E-state index contributed by atoms with van der Waals surface area (Å²) < 4.78 is 21.1. The zero-order chi connectivity index (χ0) is 27.4. The van der Waals surface area contributed by atoms with Gasteiger partial charge in [0.1, 0.15) is 23.9 Å². The second-order valence-electron chi connectivity index (χ2n) is 9.74. The van der Waals surface area contributed by atoms with E-state index in [1.807, 2.05) is 67.5 Å². The first-order chi connectivity index (χ1) is 18.9. The number of hydrogen-bond acceptors (Lipinski definition) is 6. The van der Waals surface area contributed by atoms with Crippen LogP contribution in [0.4, 0.5) is 15.8 Å². The van der Waals surface area contributed by atoms with E-state index in [4.69, 9.17) is 4.74 Å². The van der Waals surface area contributed by atoms with Crippen molar-refractivity contribution in [2.24, 2.45) is 0 Å². The molecule has 0 spiro atoms. The second-order valence-corrected chi connectivity index (χ2v) is 9.74. The van der Waals surface area contributed by atoms with E-state index >= 15 is 0 Å². The lowest BCUT2D eigenvalue weighted by molar-refractivity contribution is -0.127. The number of aromatic nitrogens is 3. The minimum atomic E-state index is -1.02. The van der Waals surface area contributed by atoms with Crippen molar-refractivity contribution in [2.75, 3.05) is 37.0 Å². The fraction of sp³-hybridized carbons (Fsp3) is 0.310. The molecule has 4 aromatic rings. The van der Waals surface area contributed by atoms with Gasteiger partial charge in [-0.2, -0.15) is 0 Å². The summed E-state index contributed by atoms with van der Waals surface area (Å²) in [5.41, 5.74) is 3.31. The molecule has 0 aliphatic carbocycles. The van der Waals surface area contributed by atoms with E-state index in [1.54, 1.807) is 0 Å². The number of benzene rings is 3. The standard InChI is InChI=1S/C29H31FN6O3/c1-34(2)22-13-9-20(10-14-22)28(29(38)31-18-24-6-5-17-39-24)36(23-15-11-21(30)12-16-23)27(37)19-35-26-8-4-3-7-25(26)32-33-35/h3-4,7-16,24,28H,5-6,17-19H2,1-2H3,(H,31,38)/t24-,28+/m0/s1. The van der Waals surface area contributed by atoms with Crippen molar-refractivity contribution in [3.8, 4) is 0 Å². The third kappa shape index (κ3) is 5.91. The van der Waals surface area contributed by atoms with Crippen LogP contribution in [0, 0.1) is 5.82 Å². The van der Waals surface area contributed by atoms with Crippen molar-refractivity contribution in [1.82, 2.24) is 20.3 Å². The van der Waals surface area contributed by atoms with Gasteiger partial charge in [0, 0.05) is 38.6 Å². The molecule has 1 aliphatic rings. The van der Waals surface area contributed by atoms with Gasteiger partial charge in [-0.1, -0.05) is 29.5 Å². The van der Waals surface area contributed by atoms with Crippen LogP contribution in [0.15, 0.2) is 72.8 Å². The molecule has 9 nitrogen and oxygen atoms in total. The normalized spacial score (nSPS) is 15.7. The van der Waals surface area contributed by atoms with Crippen molar-refractivity contribution in [2.45, 2.75) is 31.5 Å². The zero-order valence-corrected chi connectivity index (χ0v) is 22.0. The SMILES string of the molecule is CN(C)c1ccc([C@H](C(=O)NC[C@@H]2CCCO2)N(C(=O)Cn2nnc3ccccc32)c2ccc(F)cc2)cc1. The van der Waals surface area contributed by atoms with Gasteiger partial charge in [-0.15, -0.1) is 5.10 Å². The Kier molecular flexibility index (Phi) is 7.83. The van der Waals surface area contributed by atoms with Crippen molar-refractivity contribution in [3.05, 3.63) is 84.2 Å². The fourth-order valence-corrected chi connectivity index (χ4v) is 4.77. The van der Waals surface area contributed by atoms with Crippen molar-refractivity contribution in [1.29, 1.82) is 0 Å². The van der Waals surface area contributed by atoms with Crippen molar-refractivity contribution in [3.63, 3.8) is 0 Å². The molecule has 1 aliphatic heterocycles. The Balaban J connectivity index is 1.54. The van der Waals surface area contributed by atoms with E-state index in [-0.39, 0.29) is 18.6 Å². The fourth-order valence-electron chi connectivity index (χ4n) is 4.77. The van der Waals surface area contributed by atoms with Gasteiger partial charge in [-0.25, -0.2) is 9.07 Å². The maximum Gasteiger partial charge on any atom is 0.249 e. The number of hydrogen-bond donors (Lipinski definition) is 1. The lowest BCUT2D eigenvalue weighted by Gasteiger charge is -2.32. The molecule has 3 aromatic carbocycles. The monoisotopic (exact) mass is 530 g/mol. The number of anilines is 2. The van der Waals surface area contributed by atoms with Gasteiger partial charge < -0.3 is 15.0 Å². The Morgan fingerprint density at radius 2 is 1.77 bits per heavy atom. The third-order valence-corrected chi connectivity index (χ3v) is 6.84. The van der Waals surface area contributed by atoms with Crippen LogP contribution >= 0.6 is 0 Å². The number of rotatable bonds is 9. The van der Waals surface area contributed by atoms with Crippen LogP contribution in [-0.4, -0.2) is 60.2 Å². The minimum absolute atomic E-state index is 0.0674. The smallest absolute Gasteiger partial charge is 0.249 e. The molecule has 1 fully saturated rings. The van der Waals surface area contributed by atoms with Gasteiger partial charge in [0.2, 0.25) is 11.8 Å². The highest BCUT2D eigenvalue weighted by atomic mass is 19.1. The van der Waals surface area contributed by atoms with E-state index in [0.29, 0.717) is 35.4 Å². The minimum Gasteiger partial charge on any atom is -0.378 e. The molecule has 2 amide bonds. The summed E-state index contributed by atoms with van der Waals surface area (Å²) in [6.07, 6.45) is 1.74. The summed E-state index contributed by atoms with van der Waals surface area (Å²) >= 11 is 0. The molecule has 2 heterocycles. The molecule has 1 N–H and O–H groups in total. The average Bonchev–Trinajstić information content (AvgIpc) is 3.61. The summed E-state index contributed by atoms with van der Waals surface area (Å²) in [5.74, 6) is -1.20. The number of amides is 2. The highest BCUT2D eigenvalue weighted by Crippen LogP contribution is 2.30. The Morgan fingerprint density at radius 1 is 1.05 bits per heavy atom. The number of ether oxygens (including phenoxy) is 1. The highest BCUT2D eigenvalue weighted by molar-refractivity contribution is 6.01. The summed E-state index contributed by atoms with van der Waals surface area (Å²) in [5, 5.41) is 11.3. The first-order valence-corrected chi connectivity index (χ1v) is 12.9. The molecule has 39 heavy (non-hydrogen) atoms. The number of fused-ring (bicyclic) bond motifs is 1. The van der Waals surface area contributed by atoms with Crippen molar-refractivity contribution < 1.29 is 18.7 Å². The molecule has 0 saturated carbocycles. The van der Waals surface area contributed by atoms with Crippen LogP contribution in [0.5, 0.6) is 0 Å². The molecule has 1 saturated heterocycles. The van der Waals surface area contributed by atoms with Gasteiger partial charge in [0.15, 0.2) is 0 Å².